The fourth-order valence-corrected chi connectivity index (χ4v) is 3.07. The van der Waals surface area contributed by atoms with E-state index in [0.29, 0.717) is 19.1 Å². The van der Waals surface area contributed by atoms with Crippen LogP contribution in [0.2, 0.25) is 0 Å². The van der Waals surface area contributed by atoms with E-state index in [4.69, 9.17) is 4.74 Å². The lowest BCUT2D eigenvalue weighted by Crippen LogP contribution is -2.33. The van der Waals surface area contributed by atoms with Gasteiger partial charge in [0.15, 0.2) is 0 Å². The molecule has 0 aliphatic carbocycles. The van der Waals surface area contributed by atoms with Crippen LogP contribution in [0.15, 0.2) is 24.3 Å². The van der Waals surface area contributed by atoms with Gasteiger partial charge in [0.05, 0.1) is 12.6 Å². The van der Waals surface area contributed by atoms with Gasteiger partial charge in [-0.1, -0.05) is 18.2 Å². The standard InChI is InChI=1S/C16H22N2O2.ClH/c19-16(8-7-12-4-3-10-17-12)18-14-9-11-20-15-6-2-1-5-13(14)15;/h1-2,5-6,12,14,17H,3-4,7-11H2,(H,18,19);1H. The number of carbonyl (C=O) groups is 1. The summed E-state index contributed by atoms with van der Waals surface area (Å²) in [5, 5.41) is 6.58. The van der Waals surface area contributed by atoms with E-state index in [1.54, 1.807) is 0 Å². The Labute approximate surface area is 132 Å². The minimum Gasteiger partial charge on any atom is -0.493 e. The number of hydrogen-bond acceptors (Lipinski definition) is 3. The van der Waals surface area contributed by atoms with Gasteiger partial charge in [-0.2, -0.15) is 0 Å². The fraction of sp³-hybridized carbons (Fsp3) is 0.562. The predicted octanol–water partition coefficient (Wildman–Crippen LogP) is 2.58. The minimum atomic E-state index is 0. The molecule has 2 unspecified atom stereocenters. The van der Waals surface area contributed by atoms with Gasteiger partial charge in [0, 0.05) is 24.4 Å². The molecule has 0 spiro atoms. The molecule has 1 aromatic carbocycles. The van der Waals surface area contributed by atoms with Gasteiger partial charge in [0.1, 0.15) is 5.75 Å². The van der Waals surface area contributed by atoms with E-state index >= 15 is 0 Å². The Balaban J connectivity index is 0.00000161. The Morgan fingerprint density at radius 1 is 1.33 bits per heavy atom. The molecule has 0 aromatic heterocycles. The first-order valence-corrected chi connectivity index (χ1v) is 7.57. The second kappa shape index (κ2) is 7.66. The van der Waals surface area contributed by atoms with Gasteiger partial charge in [-0.15, -0.1) is 12.4 Å². The van der Waals surface area contributed by atoms with E-state index in [0.717, 1.165) is 30.7 Å². The zero-order chi connectivity index (χ0) is 13.8. The third-order valence-corrected chi connectivity index (χ3v) is 4.18. The number of nitrogens with one attached hydrogen (secondary N) is 2. The van der Waals surface area contributed by atoms with Gasteiger partial charge < -0.3 is 15.4 Å². The van der Waals surface area contributed by atoms with Gasteiger partial charge in [0.25, 0.3) is 0 Å². The van der Waals surface area contributed by atoms with Crippen LogP contribution in [-0.4, -0.2) is 25.1 Å². The Morgan fingerprint density at radius 2 is 2.19 bits per heavy atom. The van der Waals surface area contributed by atoms with E-state index in [2.05, 4.69) is 10.6 Å². The average Bonchev–Trinajstić information content (AvgIpc) is 2.99. The van der Waals surface area contributed by atoms with Gasteiger partial charge in [-0.25, -0.2) is 0 Å². The molecular weight excluding hydrogens is 288 g/mol. The van der Waals surface area contributed by atoms with Gasteiger partial charge >= 0.3 is 0 Å². The second-order valence-corrected chi connectivity index (χ2v) is 5.63. The van der Waals surface area contributed by atoms with Crippen LogP contribution in [0.25, 0.3) is 0 Å². The molecule has 3 rings (SSSR count). The first-order chi connectivity index (χ1) is 9.83. The van der Waals surface area contributed by atoms with E-state index in [1.807, 2.05) is 24.3 Å². The zero-order valence-electron chi connectivity index (χ0n) is 12.1. The highest BCUT2D eigenvalue weighted by Gasteiger charge is 2.23. The average molecular weight is 311 g/mol. The molecule has 1 saturated heterocycles. The molecule has 0 bridgehead atoms. The van der Waals surface area contributed by atoms with Crippen LogP contribution in [0.3, 0.4) is 0 Å². The highest BCUT2D eigenvalue weighted by atomic mass is 35.5. The largest absolute Gasteiger partial charge is 0.493 e. The van der Waals surface area contributed by atoms with Gasteiger partial charge in [-0.05, 0) is 31.9 Å². The topological polar surface area (TPSA) is 50.4 Å². The lowest BCUT2D eigenvalue weighted by Gasteiger charge is -2.26. The van der Waals surface area contributed by atoms with Crippen molar-refractivity contribution in [1.29, 1.82) is 0 Å². The summed E-state index contributed by atoms with van der Waals surface area (Å²) in [6.07, 6.45) is 4.84. The van der Waals surface area contributed by atoms with Crippen molar-refractivity contribution in [2.45, 2.75) is 44.2 Å². The molecular formula is C16H23ClN2O2. The third-order valence-electron chi connectivity index (χ3n) is 4.18. The molecule has 2 N–H and O–H groups in total. The predicted molar refractivity (Wildman–Crippen MR) is 84.9 cm³/mol. The maximum absolute atomic E-state index is 12.1. The molecule has 1 aromatic rings. The van der Waals surface area contributed by atoms with Crippen LogP contribution < -0.4 is 15.4 Å². The number of halogens is 1. The number of hydrogen-bond donors (Lipinski definition) is 2. The molecule has 5 heteroatoms. The number of para-hydroxylation sites is 1. The van der Waals surface area contributed by atoms with Crippen molar-refractivity contribution >= 4 is 18.3 Å². The summed E-state index contributed by atoms with van der Waals surface area (Å²) in [6.45, 7) is 1.77. The van der Waals surface area contributed by atoms with Crippen LogP contribution in [0.4, 0.5) is 0 Å². The van der Waals surface area contributed by atoms with E-state index < -0.39 is 0 Å². The van der Waals surface area contributed by atoms with Crippen molar-refractivity contribution in [2.75, 3.05) is 13.2 Å². The maximum atomic E-state index is 12.1. The van der Waals surface area contributed by atoms with E-state index in [1.165, 1.54) is 12.8 Å². The smallest absolute Gasteiger partial charge is 0.220 e. The van der Waals surface area contributed by atoms with Crippen molar-refractivity contribution in [3.8, 4) is 5.75 Å². The highest BCUT2D eigenvalue weighted by molar-refractivity contribution is 5.85. The van der Waals surface area contributed by atoms with Gasteiger partial charge in [0.2, 0.25) is 5.91 Å². The number of fused-ring (bicyclic) bond motifs is 1. The summed E-state index contributed by atoms with van der Waals surface area (Å²) in [5.74, 6) is 1.06. The normalized spacial score (nSPS) is 23.6. The summed E-state index contributed by atoms with van der Waals surface area (Å²) < 4.78 is 5.62. The lowest BCUT2D eigenvalue weighted by atomic mass is 10.00. The first kappa shape index (κ1) is 16.1. The molecule has 21 heavy (non-hydrogen) atoms. The molecule has 4 nitrogen and oxygen atoms in total. The number of rotatable bonds is 4. The Bertz CT molecular complexity index is 475. The van der Waals surface area contributed by atoms with Crippen molar-refractivity contribution in [3.05, 3.63) is 29.8 Å². The second-order valence-electron chi connectivity index (χ2n) is 5.63. The summed E-state index contributed by atoms with van der Waals surface area (Å²) in [4.78, 5) is 12.1. The Hall–Kier alpha value is -1.26. The van der Waals surface area contributed by atoms with Crippen molar-refractivity contribution in [2.24, 2.45) is 0 Å². The summed E-state index contributed by atoms with van der Waals surface area (Å²) in [6, 6.07) is 8.60. The Morgan fingerprint density at radius 3 is 3.00 bits per heavy atom. The molecule has 2 heterocycles. The molecule has 0 saturated carbocycles. The highest BCUT2D eigenvalue weighted by Crippen LogP contribution is 2.31. The monoisotopic (exact) mass is 310 g/mol. The van der Waals surface area contributed by atoms with Crippen LogP contribution in [-0.2, 0) is 4.79 Å². The minimum absolute atomic E-state index is 0. The summed E-state index contributed by atoms with van der Waals surface area (Å²) in [7, 11) is 0. The third kappa shape index (κ3) is 4.11. The summed E-state index contributed by atoms with van der Waals surface area (Å²) >= 11 is 0. The maximum Gasteiger partial charge on any atom is 0.220 e. The number of ether oxygens (including phenoxy) is 1. The summed E-state index contributed by atoms with van der Waals surface area (Å²) in [5.41, 5.74) is 1.10. The molecule has 116 valence electrons. The fourth-order valence-electron chi connectivity index (χ4n) is 3.07. The molecule has 1 amide bonds. The first-order valence-electron chi connectivity index (χ1n) is 7.57. The van der Waals surface area contributed by atoms with Crippen molar-refractivity contribution < 1.29 is 9.53 Å². The van der Waals surface area contributed by atoms with E-state index in [9.17, 15) is 4.79 Å². The number of carbonyl (C=O) groups excluding carboxylic acids is 1. The molecule has 2 atom stereocenters. The van der Waals surface area contributed by atoms with Crippen molar-refractivity contribution in [3.63, 3.8) is 0 Å². The zero-order valence-corrected chi connectivity index (χ0v) is 13.0. The number of amides is 1. The quantitative estimate of drug-likeness (QED) is 0.898. The van der Waals surface area contributed by atoms with Crippen LogP contribution in [0, 0.1) is 0 Å². The van der Waals surface area contributed by atoms with Crippen LogP contribution in [0.1, 0.15) is 43.7 Å². The van der Waals surface area contributed by atoms with E-state index in [-0.39, 0.29) is 24.4 Å². The molecule has 1 fully saturated rings. The molecule has 2 aliphatic rings. The lowest BCUT2D eigenvalue weighted by molar-refractivity contribution is -0.122. The molecule has 2 aliphatic heterocycles. The number of benzene rings is 1. The van der Waals surface area contributed by atoms with Crippen LogP contribution in [0.5, 0.6) is 5.75 Å². The Kier molecular flexibility index (Phi) is 5.88. The van der Waals surface area contributed by atoms with Gasteiger partial charge in [-0.3, -0.25) is 4.79 Å². The molecule has 0 radical (unpaired) electrons. The van der Waals surface area contributed by atoms with Crippen LogP contribution >= 0.6 is 12.4 Å². The van der Waals surface area contributed by atoms with Crippen molar-refractivity contribution in [1.82, 2.24) is 10.6 Å². The SMILES string of the molecule is Cl.O=C(CCC1CCCN1)NC1CCOc2ccccc21.